The van der Waals surface area contributed by atoms with E-state index in [0.29, 0.717) is 42.0 Å². The lowest BCUT2D eigenvalue weighted by Gasteiger charge is -2.31. The Balaban J connectivity index is 1.39. The van der Waals surface area contributed by atoms with Gasteiger partial charge in [0.2, 0.25) is 5.88 Å². The number of carbonyl (C=O) groups is 1. The number of rotatable bonds is 5. The number of amides is 1. The topological polar surface area (TPSA) is 111 Å². The maximum atomic E-state index is 12.4. The Labute approximate surface area is 197 Å². The van der Waals surface area contributed by atoms with Crippen LogP contribution in [0.1, 0.15) is 46.1 Å². The molecule has 0 spiro atoms. The van der Waals surface area contributed by atoms with Gasteiger partial charge < -0.3 is 24.5 Å². The van der Waals surface area contributed by atoms with Crippen LogP contribution in [0.3, 0.4) is 0 Å². The first kappa shape index (κ1) is 21.4. The van der Waals surface area contributed by atoms with Crippen molar-refractivity contribution >= 4 is 22.6 Å². The maximum Gasteiger partial charge on any atom is 0.268 e. The van der Waals surface area contributed by atoms with Crippen LogP contribution >= 0.6 is 0 Å². The van der Waals surface area contributed by atoms with Gasteiger partial charge in [0.15, 0.2) is 5.60 Å². The average Bonchev–Trinajstić information content (AvgIpc) is 3.39. The molecule has 1 aliphatic carbocycles. The molecular weight excluding hydrogens is 434 g/mol. The number of hydrogen-bond acceptors (Lipinski definition) is 7. The number of anilines is 1. The monoisotopic (exact) mass is 463 g/mol. The van der Waals surface area contributed by atoms with E-state index in [1.54, 1.807) is 13.8 Å². The van der Waals surface area contributed by atoms with E-state index in [4.69, 9.17) is 14.5 Å². The highest BCUT2D eigenvalue weighted by Crippen LogP contribution is 2.41. The van der Waals surface area contributed by atoms with Gasteiger partial charge in [0, 0.05) is 24.1 Å². The number of ether oxygens (including phenoxy) is 2. The minimum atomic E-state index is -0.916. The summed E-state index contributed by atoms with van der Waals surface area (Å²) in [5.74, 6) is 1.18. The molecule has 1 aromatic carbocycles. The van der Waals surface area contributed by atoms with Crippen LogP contribution in [0, 0.1) is 5.92 Å². The summed E-state index contributed by atoms with van der Waals surface area (Å²) in [5.41, 5.74) is 2.97. The molecule has 9 heteroatoms. The molecule has 2 fully saturated rings. The SMILES string of the molecule is C[C@@H](Oc1nc(-c2ccc3c(c2)NC(=O)C(C)(C)O3)cc2ncn(C3CC3)c12)[C@H]1CN[C@@H](O)C1. The fourth-order valence-electron chi connectivity index (χ4n) is 4.73. The Hall–Kier alpha value is -3.17. The standard InChI is InChI=1S/C25H29N5O4/c1-13(15-9-21(31)26-11-15)33-23-22-19(27-12-30(22)16-5-6-16)10-17(28-23)14-4-7-20-18(8-14)29-24(32)25(2,3)34-20/h4,7-8,10,12-13,15-16,21,26,31H,5-6,9,11H2,1-3H3,(H,29,32)/t13-,15-,21+/m1/s1. The van der Waals surface area contributed by atoms with Crippen LogP contribution in [-0.4, -0.2) is 50.0 Å². The van der Waals surface area contributed by atoms with Gasteiger partial charge in [0.1, 0.15) is 23.6 Å². The molecule has 3 aliphatic rings. The molecule has 6 rings (SSSR count). The summed E-state index contributed by atoms with van der Waals surface area (Å²) in [5, 5.41) is 15.9. The van der Waals surface area contributed by atoms with Crippen LogP contribution in [0.2, 0.25) is 0 Å². The van der Waals surface area contributed by atoms with Gasteiger partial charge >= 0.3 is 0 Å². The highest BCUT2D eigenvalue weighted by Gasteiger charge is 2.36. The second-order valence-corrected chi connectivity index (χ2v) is 10.1. The predicted molar refractivity (Wildman–Crippen MR) is 127 cm³/mol. The summed E-state index contributed by atoms with van der Waals surface area (Å²) in [6, 6.07) is 8.06. The van der Waals surface area contributed by atoms with Crippen LogP contribution in [0.4, 0.5) is 5.69 Å². The molecule has 3 N–H and O–H groups in total. The van der Waals surface area contributed by atoms with Gasteiger partial charge in [-0.1, -0.05) is 0 Å². The van der Waals surface area contributed by atoms with Crippen molar-refractivity contribution in [3.63, 3.8) is 0 Å². The van der Waals surface area contributed by atoms with Gasteiger partial charge in [-0.05, 0) is 64.3 Å². The Morgan fingerprint density at radius 1 is 1.29 bits per heavy atom. The maximum absolute atomic E-state index is 12.4. The van der Waals surface area contributed by atoms with E-state index in [9.17, 15) is 9.90 Å². The molecular formula is C25H29N5O4. The van der Waals surface area contributed by atoms with Crippen molar-refractivity contribution in [1.29, 1.82) is 0 Å². The lowest BCUT2D eigenvalue weighted by Crippen LogP contribution is -2.45. The van der Waals surface area contributed by atoms with E-state index in [1.165, 1.54) is 0 Å². The predicted octanol–water partition coefficient (Wildman–Crippen LogP) is 3.24. The van der Waals surface area contributed by atoms with Crippen LogP contribution < -0.4 is 20.1 Å². The number of pyridine rings is 1. The van der Waals surface area contributed by atoms with Gasteiger partial charge in [0.25, 0.3) is 5.91 Å². The van der Waals surface area contributed by atoms with E-state index in [2.05, 4.69) is 20.2 Å². The number of fused-ring (bicyclic) bond motifs is 2. The summed E-state index contributed by atoms with van der Waals surface area (Å²) in [6.07, 6.45) is 4.15. The van der Waals surface area contributed by atoms with Gasteiger partial charge in [-0.25, -0.2) is 9.97 Å². The van der Waals surface area contributed by atoms with Crippen molar-refractivity contribution in [2.75, 3.05) is 11.9 Å². The van der Waals surface area contributed by atoms with Crippen molar-refractivity contribution in [3.05, 3.63) is 30.6 Å². The fourth-order valence-corrected chi connectivity index (χ4v) is 4.73. The van der Waals surface area contributed by atoms with E-state index in [-0.39, 0.29) is 17.9 Å². The third kappa shape index (κ3) is 3.69. The molecule has 0 unspecified atom stereocenters. The Morgan fingerprint density at radius 2 is 2.12 bits per heavy atom. The van der Waals surface area contributed by atoms with Crippen molar-refractivity contribution in [2.24, 2.45) is 5.92 Å². The number of imidazole rings is 1. The largest absolute Gasteiger partial charge is 0.476 e. The number of aliphatic hydroxyl groups is 1. The van der Waals surface area contributed by atoms with Crippen molar-refractivity contribution in [3.8, 4) is 22.9 Å². The number of aliphatic hydroxyl groups excluding tert-OH is 1. The van der Waals surface area contributed by atoms with Crippen LogP contribution in [0.25, 0.3) is 22.3 Å². The Bertz CT molecular complexity index is 1280. The van der Waals surface area contributed by atoms with Crippen molar-refractivity contribution in [1.82, 2.24) is 19.9 Å². The molecule has 178 valence electrons. The first-order valence-electron chi connectivity index (χ1n) is 11.9. The zero-order valence-electron chi connectivity index (χ0n) is 19.5. The second-order valence-electron chi connectivity index (χ2n) is 10.1. The van der Waals surface area contributed by atoms with Gasteiger partial charge in [-0.15, -0.1) is 0 Å². The molecule has 1 saturated heterocycles. The molecule has 9 nitrogen and oxygen atoms in total. The summed E-state index contributed by atoms with van der Waals surface area (Å²) in [7, 11) is 0. The van der Waals surface area contributed by atoms with E-state index in [1.807, 2.05) is 37.5 Å². The summed E-state index contributed by atoms with van der Waals surface area (Å²) >= 11 is 0. The van der Waals surface area contributed by atoms with Crippen molar-refractivity contribution in [2.45, 2.75) is 64.0 Å². The quantitative estimate of drug-likeness (QED) is 0.533. The first-order valence-corrected chi connectivity index (χ1v) is 11.9. The zero-order chi connectivity index (χ0) is 23.6. The minimum Gasteiger partial charge on any atom is -0.476 e. The molecule has 3 atom stereocenters. The molecule has 34 heavy (non-hydrogen) atoms. The molecule has 0 bridgehead atoms. The van der Waals surface area contributed by atoms with Crippen LogP contribution in [0.5, 0.6) is 11.6 Å². The Kier molecular flexibility index (Phi) is 4.82. The van der Waals surface area contributed by atoms with Crippen LogP contribution in [-0.2, 0) is 4.79 Å². The van der Waals surface area contributed by atoms with Gasteiger partial charge in [0.05, 0.1) is 23.2 Å². The summed E-state index contributed by atoms with van der Waals surface area (Å²) in [6.45, 7) is 6.22. The normalized spacial score (nSPS) is 24.4. The lowest BCUT2D eigenvalue weighted by atomic mass is 10.0. The molecule has 2 aromatic heterocycles. The molecule has 4 heterocycles. The zero-order valence-corrected chi connectivity index (χ0v) is 19.5. The smallest absolute Gasteiger partial charge is 0.268 e. The Morgan fingerprint density at radius 3 is 2.85 bits per heavy atom. The third-order valence-electron chi connectivity index (χ3n) is 7.00. The number of hydrogen-bond donors (Lipinski definition) is 3. The van der Waals surface area contributed by atoms with Crippen LogP contribution in [0.15, 0.2) is 30.6 Å². The van der Waals surface area contributed by atoms with E-state index in [0.717, 1.165) is 29.4 Å². The molecule has 1 amide bonds. The summed E-state index contributed by atoms with van der Waals surface area (Å²) < 4.78 is 14.5. The average molecular weight is 464 g/mol. The molecule has 3 aromatic rings. The van der Waals surface area contributed by atoms with Gasteiger partial charge in [-0.3, -0.25) is 10.1 Å². The van der Waals surface area contributed by atoms with Gasteiger partial charge in [-0.2, -0.15) is 0 Å². The van der Waals surface area contributed by atoms with Crippen molar-refractivity contribution < 1.29 is 19.4 Å². The minimum absolute atomic E-state index is 0.128. The summed E-state index contributed by atoms with van der Waals surface area (Å²) in [4.78, 5) is 22.0. The van der Waals surface area contributed by atoms with E-state index >= 15 is 0 Å². The first-order chi connectivity index (χ1) is 16.3. The number of benzene rings is 1. The third-order valence-corrected chi connectivity index (χ3v) is 7.00. The molecule has 1 saturated carbocycles. The molecule has 2 aliphatic heterocycles. The number of nitrogens with one attached hydrogen (secondary N) is 2. The number of aromatic nitrogens is 3. The lowest BCUT2D eigenvalue weighted by molar-refractivity contribution is -0.129. The number of nitrogens with zero attached hydrogens (tertiary/aromatic N) is 3. The molecule has 0 radical (unpaired) electrons. The van der Waals surface area contributed by atoms with E-state index < -0.39 is 11.8 Å². The highest BCUT2D eigenvalue weighted by molar-refractivity contribution is 6.01. The number of carbonyl (C=O) groups excluding carboxylic acids is 1. The fraction of sp³-hybridized carbons (Fsp3) is 0.480. The second kappa shape index (κ2) is 7.68. The highest BCUT2D eigenvalue weighted by atomic mass is 16.5.